The summed E-state index contributed by atoms with van der Waals surface area (Å²) in [6.07, 6.45) is 3.60. The van der Waals surface area contributed by atoms with E-state index in [0.29, 0.717) is 25.2 Å². The first kappa shape index (κ1) is 15.4. The maximum Gasteiger partial charge on any atom is 0.236 e. The molecule has 0 aromatic carbocycles. The van der Waals surface area contributed by atoms with E-state index in [1.165, 1.54) is 12.8 Å². The number of rotatable bonds is 8. The maximum absolute atomic E-state index is 11.7. The van der Waals surface area contributed by atoms with Gasteiger partial charge in [0.25, 0.3) is 0 Å². The minimum Gasteiger partial charge on any atom is -0.383 e. The van der Waals surface area contributed by atoms with Crippen molar-refractivity contribution in [3.8, 4) is 0 Å². The molecule has 1 aliphatic heterocycles. The average Bonchev–Trinajstić information content (AvgIpc) is 2.81. The topological polar surface area (TPSA) is 62.4 Å². The lowest BCUT2D eigenvalue weighted by atomic mass is 10.1. The third kappa shape index (κ3) is 5.80. The lowest BCUT2D eigenvalue weighted by molar-refractivity contribution is -0.123. The van der Waals surface area contributed by atoms with Crippen LogP contribution < -0.4 is 16.0 Å². The first-order valence-corrected chi connectivity index (χ1v) is 6.89. The quantitative estimate of drug-likeness (QED) is 0.546. The van der Waals surface area contributed by atoms with Gasteiger partial charge in [-0.1, -0.05) is 0 Å². The fourth-order valence-corrected chi connectivity index (χ4v) is 2.38. The van der Waals surface area contributed by atoms with Crippen LogP contribution in [0.4, 0.5) is 0 Å². The Hall–Kier alpha value is -0.650. The van der Waals surface area contributed by atoms with Crippen molar-refractivity contribution in [1.82, 2.24) is 16.0 Å². The van der Waals surface area contributed by atoms with Gasteiger partial charge in [-0.2, -0.15) is 0 Å². The lowest BCUT2D eigenvalue weighted by Crippen LogP contribution is -2.47. The SMILES string of the molecule is COCCNC(=O)C(C)NC(C)CC1CCCN1. The van der Waals surface area contributed by atoms with Crippen LogP contribution in [-0.2, 0) is 9.53 Å². The fraction of sp³-hybridized carbons (Fsp3) is 0.923. The molecule has 1 heterocycles. The van der Waals surface area contributed by atoms with E-state index in [2.05, 4.69) is 22.9 Å². The molecule has 0 radical (unpaired) electrons. The predicted octanol–water partition coefficient (Wildman–Crippen LogP) is 0.258. The summed E-state index contributed by atoms with van der Waals surface area (Å²) in [5.74, 6) is 0.0401. The van der Waals surface area contributed by atoms with Gasteiger partial charge in [-0.3, -0.25) is 4.79 Å². The van der Waals surface area contributed by atoms with Gasteiger partial charge in [0.2, 0.25) is 5.91 Å². The molecule has 3 atom stereocenters. The zero-order valence-corrected chi connectivity index (χ0v) is 11.8. The van der Waals surface area contributed by atoms with Crippen LogP contribution in [0.5, 0.6) is 0 Å². The smallest absolute Gasteiger partial charge is 0.236 e. The van der Waals surface area contributed by atoms with E-state index in [1.807, 2.05) is 6.92 Å². The number of amides is 1. The van der Waals surface area contributed by atoms with Crippen LogP contribution in [0, 0.1) is 0 Å². The van der Waals surface area contributed by atoms with Crippen molar-refractivity contribution in [3.05, 3.63) is 0 Å². The number of nitrogens with one attached hydrogen (secondary N) is 3. The standard InChI is InChI=1S/C13H27N3O2/c1-10(9-12-5-4-6-14-12)16-11(2)13(17)15-7-8-18-3/h10-12,14,16H,4-9H2,1-3H3,(H,15,17). The highest BCUT2D eigenvalue weighted by Crippen LogP contribution is 2.11. The normalized spacial score (nSPS) is 22.7. The molecule has 0 spiro atoms. The third-order valence-corrected chi connectivity index (χ3v) is 3.33. The summed E-state index contributed by atoms with van der Waals surface area (Å²) in [6, 6.07) is 0.804. The first-order chi connectivity index (χ1) is 8.63. The molecule has 0 aliphatic carbocycles. The molecule has 1 aliphatic rings. The molecule has 0 saturated carbocycles. The monoisotopic (exact) mass is 257 g/mol. The van der Waals surface area contributed by atoms with Crippen LogP contribution in [0.2, 0.25) is 0 Å². The van der Waals surface area contributed by atoms with Crippen LogP contribution in [0.3, 0.4) is 0 Å². The summed E-state index contributed by atoms with van der Waals surface area (Å²) in [7, 11) is 1.63. The third-order valence-electron chi connectivity index (χ3n) is 3.33. The van der Waals surface area contributed by atoms with Crippen molar-refractivity contribution in [3.63, 3.8) is 0 Å². The number of hydrogen-bond acceptors (Lipinski definition) is 4. The zero-order chi connectivity index (χ0) is 13.4. The van der Waals surface area contributed by atoms with Crippen LogP contribution in [0.1, 0.15) is 33.1 Å². The highest BCUT2D eigenvalue weighted by atomic mass is 16.5. The van der Waals surface area contributed by atoms with Crippen LogP contribution in [0.25, 0.3) is 0 Å². The number of carbonyl (C=O) groups excluding carboxylic acids is 1. The molecular weight excluding hydrogens is 230 g/mol. The van der Waals surface area contributed by atoms with E-state index in [0.717, 1.165) is 13.0 Å². The second-order valence-corrected chi connectivity index (χ2v) is 5.10. The molecule has 106 valence electrons. The molecule has 3 unspecified atom stereocenters. The van der Waals surface area contributed by atoms with Crippen molar-refractivity contribution in [2.75, 3.05) is 26.8 Å². The molecule has 0 aromatic heterocycles. The zero-order valence-electron chi connectivity index (χ0n) is 11.8. The molecule has 1 rings (SSSR count). The van der Waals surface area contributed by atoms with Gasteiger partial charge in [0, 0.05) is 25.7 Å². The van der Waals surface area contributed by atoms with Crippen LogP contribution in [0.15, 0.2) is 0 Å². The fourth-order valence-electron chi connectivity index (χ4n) is 2.38. The lowest BCUT2D eigenvalue weighted by Gasteiger charge is -2.22. The van der Waals surface area contributed by atoms with Crippen molar-refractivity contribution >= 4 is 5.91 Å². The minimum absolute atomic E-state index is 0.0401. The first-order valence-electron chi connectivity index (χ1n) is 6.89. The van der Waals surface area contributed by atoms with Gasteiger partial charge in [-0.25, -0.2) is 0 Å². The predicted molar refractivity (Wildman–Crippen MR) is 72.6 cm³/mol. The Kier molecular flexibility index (Phi) is 7.23. The van der Waals surface area contributed by atoms with Gasteiger partial charge in [0.05, 0.1) is 12.6 Å². The molecule has 5 heteroatoms. The number of hydrogen-bond donors (Lipinski definition) is 3. The van der Waals surface area contributed by atoms with Crippen LogP contribution in [-0.4, -0.2) is 50.8 Å². The van der Waals surface area contributed by atoms with Gasteiger partial charge in [0.1, 0.15) is 0 Å². The van der Waals surface area contributed by atoms with Gasteiger partial charge >= 0.3 is 0 Å². The van der Waals surface area contributed by atoms with Gasteiger partial charge in [-0.15, -0.1) is 0 Å². The van der Waals surface area contributed by atoms with Gasteiger partial charge in [0.15, 0.2) is 0 Å². The highest BCUT2D eigenvalue weighted by molar-refractivity contribution is 5.81. The molecule has 1 amide bonds. The van der Waals surface area contributed by atoms with Crippen molar-refractivity contribution in [2.24, 2.45) is 0 Å². The molecule has 18 heavy (non-hydrogen) atoms. The highest BCUT2D eigenvalue weighted by Gasteiger charge is 2.20. The Morgan fingerprint density at radius 2 is 2.28 bits per heavy atom. The minimum atomic E-state index is -0.154. The summed E-state index contributed by atoms with van der Waals surface area (Å²) in [4.78, 5) is 11.7. The van der Waals surface area contributed by atoms with E-state index in [9.17, 15) is 4.79 Å². The molecule has 3 N–H and O–H groups in total. The van der Waals surface area contributed by atoms with Crippen molar-refractivity contribution in [2.45, 2.75) is 51.2 Å². The molecule has 0 bridgehead atoms. The Morgan fingerprint density at radius 3 is 2.89 bits per heavy atom. The second-order valence-electron chi connectivity index (χ2n) is 5.10. The Balaban J connectivity index is 2.16. The maximum atomic E-state index is 11.7. The number of carbonyl (C=O) groups is 1. The van der Waals surface area contributed by atoms with E-state index >= 15 is 0 Å². The van der Waals surface area contributed by atoms with Crippen molar-refractivity contribution in [1.29, 1.82) is 0 Å². The average molecular weight is 257 g/mol. The summed E-state index contributed by atoms with van der Waals surface area (Å²) in [6.45, 7) is 6.30. The largest absolute Gasteiger partial charge is 0.383 e. The van der Waals surface area contributed by atoms with E-state index in [4.69, 9.17) is 4.74 Å². The van der Waals surface area contributed by atoms with Gasteiger partial charge < -0.3 is 20.7 Å². The molecule has 1 saturated heterocycles. The number of methoxy groups -OCH3 is 1. The van der Waals surface area contributed by atoms with E-state index in [-0.39, 0.29) is 11.9 Å². The van der Waals surface area contributed by atoms with Crippen LogP contribution >= 0.6 is 0 Å². The Morgan fingerprint density at radius 1 is 1.50 bits per heavy atom. The Labute approximate surface area is 110 Å². The van der Waals surface area contributed by atoms with E-state index in [1.54, 1.807) is 7.11 Å². The Bertz CT molecular complexity index is 242. The summed E-state index contributed by atoms with van der Waals surface area (Å²) in [5, 5.41) is 9.66. The number of ether oxygens (including phenoxy) is 1. The molecule has 0 aromatic rings. The molecule has 5 nitrogen and oxygen atoms in total. The summed E-state index contributed by atoms with van der Waals surface area (Å²) >= 11 is 0. The van der Waals surface area contributed by atoms with Crippen molar-refractivity contribution < 1.29 is 9.53 Å². The van der Waals surface area contributed by atoms with Gasteiger partial charge in [-0.05, 0) is 39.7 Å². The molecular formula is C13H27N3O2. The molecule has 1 fully saturated rings. The van der Waals surface area contributed by atoms with E-state index < -0.39 is 0 Å². The summed E-state index contributed by atoms with van der Waals surface area (Å²) < 4.78 is 4.90. The summed E-state index contributed by atoms with van der Waals surface area (Å²) in [5.41, 5.74) is 0. The second kappa shape index (κ2) is 8.45.